The summed E-state index contributed by atoms with van der Waals surface area (Å²) in [6.45, 7) is 3.01. The zero-order valence-corrected chi connectivity index (χ0v) is 10.3. The van der Waals surface area contributed by atoms with Crippen molar-refractivity contribution in [1.29, 1.82) is 0 Å². The molecule has 0 aliphatic rings. The van der Waals surface area contributed by atoms with Gasteiger partial charge in [-0.3, -0.25) is 14.4 Å². The Morgan fingerprint density at radius 3 is 1.82 bits per heavy atom. The minimum Gasteiger partial charge on any atom is -0.394 e. The van der Waals surface area contributed by atoms with Crippen LogP contribution in [0.5, 0.6) is 0 Å². The highest BCUT2D eigenvalue weighted by atomic mass is 16.6. The van der Waals surface area contributed by atoms with Crippen molar-refractivity contribution in [2.24, 2.45) is 0 Å². The molecule has 0 saturated heterocycles. The molecule has 0 aromatic heterocycles. The average molecular weight is 246 g/mol. The molecule has 0 aliphatic heterocycles. The summed E-state index contributed by atoms with van der Waals surface area (Å²) in [4.78, 5) is 32.8. The molecule has 1 N–H and O–H groups in total. The number of hydrogen-bond acceptors (Lipinski definition) is 6. The summed E-state index contributed by atoms with van der Waals surface area (Å²) in [6.07, 6.45) is -1.97. The van der Waals surface area contributed by atoms with Crippen LogP contribution in [0.4, 0.5) is 0 Å². The molecule has 0 amide bonds. The van der Waals surface area contributed by atoms with E-state index in [1.807, 2.05) is 0 Å². The Morgan fingerprint density at radius 1 is 1.00 bits per heavy atom. The van der Waals surface area contributed by atoms with Crippen molar-refractivity contribution in [3.8, 4) is 0 Å². The van der Waals surface area contributed by atoms with Crippen LogP contribution in [0.1, 0.15) is 20.8 Å². The summed E-state index contributed by atoms with van der Waals surface area (Å²) in [6, 6.07) is 0. The van der Waals surface area contributed by atoms with Crippen LogP contribution in [0.2, 0.25) is 0 Å². The van der Waals surface area contributed by atoms with Crippen LogP contribution in [0.3, 0.4) is 0 Å². The van der Waals surface area contributed by atoms with E-state index in [0.717, 1.165) is 0 Å². The molecule has 0 fully saturated rings. The third-order valence-electron chi connectivity index (χ3n) is 1.89. The molecule has 0 saturated carbocycles. The van der Waals surface area contributed by atoms with Crippen molar-refractivity contribution in [3.05, 3.63) is 0 Å². The smallest absolute Gasteiger partial charge is 0.161 e. The molecular weight excluding hydrogens is 228 g/mol. The molecule has 0 radical (unpaired) electrons. The highest BCUT2D eigenvalue weighted by Crippen LogP contribution is 2.06. The Kier molecular flexibility index (Phi) is 7.53. The van der Waals surface area contributed by atoms with Gasteiger partial charge in [0.15, 0.2) is 17.3 Å². The number of carbonyl (C=O) groups excluding carboxylic acids is 3. The molecule has 0 aliphatic carbocycles. The lowest BCUT2D eigenvalue weighted by molar-refractivity contribution is -0.151. The molecule has 2 atom stereocenters. The molecule has 98 valence electrons. The van der Waals surface area contributed by atoms with Gasteiger partial charge >= 0.3 is 0 Å². The topological polar surface area (TPSA) is 89.9 Å². The van der Waals surface area contributed by atoms with Crippen LogP contribution in [0, 0.1) is 0 Å². The van der Waals surface area contributed by atoms with Gasteiger partial charge in [0.1, 0.15) is 25.4 Å². The number of ether oxygens (including phenoxy) is 2. The average Bonchev–Trinajstić information content (AvgIpc) is 2.21. The Hall–Kier alpha value is -1.11. The Morgan fingerprint density at radius 2 is 1.47 bits per heavy atom. The summed E-state index contributed by atoms with van der Waals surface area (Å²) in [5.41, 5.74) is 0. The number of hydrogen-bond donors (Lipinski definition) is 1. The number of ketones is 3. The van der Waals surface area contributed by atoms with E-state index >= 15 is 0 Å². The molecular formula is C11H18O6. The highest BCUT2D eigenvalue weighted by molar-refractivity contribution is 5.82. The second-order valence-corrected chi connectivity index (χ2v) is 3.78. The maximum Gasteiger partial charge on any atom is 0.161 e. The molecule has 6 nitrogen and oxygen atoms in total. The van der Waals surface area contributed by atoms with E-state index in [1.54, 1.807) is 0 Å². The molecule has 0 heterocycles. The number of aliphatic hydroxyl groups excluding tert-OH is 1. The number of Topliss-reactive ketones (excluding diaryl/α,β-unsaturated/α-hetero) is 3. The monoisotopic (exact) mass is 246 g/mol. The van der Waals surface area contributed by atoms with E-state index in [0.29, 0.717) is 0 Å². The third kappa shape index (κ3) is 6.93. The minimum absolute atomic E-state index is 0.210. The Bertz CT molecular complexity index is 286. The summed E-state index contributed by atoms with van der Waals surface area (Å²) in [7, 11) is 0. The third-order valence-corrected chi connectivity index (χ3v) is 1.89. The second kappa shape index (κ2) is 8.05. The second-order valence-electron chi connectivity index (χ2n) is 3.78. The zero-order chi connectivity index (χ0) is 13.4. The molecule has 0 bridgehead atoms. The first-order valence-electron chi connectivity index (χ1n) is 5.21. The largest absolute Gasteiger partial charge is 0.394 e. The zero-order valence-electron chi connectivity index (χ0n) is 10.3. The van der Waals surface area contributed by atoms with Crippen LogP contribution in [-0.2, 0) is 23.9 Å². The first-order valence-corrected chi connectivity index (χ1v) is 5.21. The van der Waals surface area contributed by atoms with Crippen molar-refractivity contribution >= 4 is 17.3 Å². The van der Waals surface area contributed by atoms with Gasteiger partial charge in [-0.05, 0) is 20.8 Å². The summed E-state index contributed by atoms with van der Waals surface area (Å²) in [5, 5.41) is 9.07. The van der Waals surface area contributed by atoms with Gasteiger partial charge in [0.05, 0.1) is 6.61 Å². The van der Waals surface area contributed by atoms with E-state index in [4.69, 9.17) is 14.6 Å². The Labute approximate surface area is 99.9 Å². The standard InChI is InChI=1S/C11H18O6/c1-7(13)5-16-10(4-12)11(9(3)15)17-6-8(2)14/h10-12H,4-6H2,1-3H3. The SMILES string of the molecule is CC(=O)COC(CO)C(OCC(C)=O)C(C)=O. The lowest BCUT2D eigenvalue weighted by Gasteiger charge is -2.23. The molecule has 0 aromatic rings. The molecule has 0 spiro atoms. The van der Waals surface area contributed by atoms with E-state index < -0.39 is 18.8 Å². The van der Waals surface area contributed by atoms with Crippen LogP contribution in [0.15, 0.2) is 0 Å². The minimum atomic E-state index is -1.04. The summed E-state index contributed by atoms with van der Waals surface area (Å²) < 4.78 is 10.1. The molecule has 0 aromatic carbocycles. The Balaban J connectivity index is 4.45. The maximum absolute atomic E-state index is 11.3. The van der Waals surface area contributed by atoms with Crippen molar-refractivity contribution in [3.63, 3.8) is 0 Å². The van der Waals surface area contributed by atoms with Crippen molar-refractivity contribution in [1.82, 2.24) is 0 Å². The lowest BCUT2D eigenvalue weighted by atomic mass is 10.1. The van der Waals surface area contributed by atoms with Crippen LogP contribution in [0.25, 0.3) is 0 Å². The van der Waals surface area contributed by atoms with Gasteiger partial charge in [0, 0.05) is 0 Å². The predicted molar refractivity (Wildman–Crippen MR) is 58.6 cm³/mol. The fraction of sp³-hybridized carbons (Fsp3) is 0.727. The lowest BCUT2D eigenvalue weighted by Crippen LogP contribution is -2.41. The summed E-state index contributed by atoms with van der Waals surface area (Å²) in [5.74, 6) is -0.828. The van der Waals surface area contributed by atoms with Crippen LogP contribution < -0.4 is 0 Å². The van der Waals surface area contributed by atoms with Gasteiger partial charge in [-0.15, -0.1) is 0 Å². The van der Waals surface area contributed by atoms with Crippen molar-refractivity contribution < 1.29 is 29.0 Å². The first kappa shape index (κ1) is 15.9. The van der Waals surface area contributed by atoms with Crippen LogP contribution >= 0.6 is 0 Å². The quantitative estimate of drug-likeness (QED) is 0.590. The number of rotatable bonds is 9. The van der Waals surface area contributed by atoms with E-state index in [2.05, 4.69) is 0 Å². The first-order chi connectivity index (χ1) is 7.88. The van der Waals surface area contributed by atoms with E-state index in [9.17, 15) is 14.4 Å². The van der Waals surface area contributed by atoms with E-state index in [1.165, 1.54) is 20.8 Å². The van der Waals surface area contributed by atoms with Crippen molar-refractivity contribution in [2.75, 3.05) is 19.8 Å². The molecule has 6 heteroatoms. The van der Waals surface area contributed by atoms with Gasteiger partial charge in [-0.1, -0.05) is 0 Å². The van der Waals surface area contributed by atoms with Gasteiger partial charge in [0.2, 0.25) is 0 Å². The van der Waals surface area contributed by atoms with Gasteiger partial charge < -0.3 is 14.6 Å². The molecule has 2 unspecified atom stereocenters. The van der Waals surface area contributed by atoms with Gasteiger partial charge in [-0.2, -0.15) is 0 Å². The predicted octanol–water partition coefficient (Wildman–Crippen LogP) is -0.484. The normalized spacial score (nSPS) is 14.1. The molecule has 0 rings (SSSR count). The fourth-order valence-electron chi connectivity index (χ4n) is 1.15. The van der Waals surface area contributed by atoms with Gasteiger partial charge in [-0.25, -0.2) is 0 Å². The van der Waals surface area contributed by atoms with Crippen LogP contribution in [-0.4, -0.2) is 54.5 Å². The molecule has 17 heavy (non-hydrogen) atoms. The van der Waals surface area contributed by atoms with Crippen molar-refractivity contribution in [2.45, 2.75) is 33.0 Å². The number of carbonyl (C=O) groups is 3. The maximum atomic E-state index is 11.3. The summed E-state index contributed by atoms with van der Waals surface area (Å²) >= 11 is 0. The van der Waals surface area contributed by atoms with E-state index in [-0.39, 0.29) is 30.6 Å². The van der Waals surface area contributed by atoms with Gasteiger partial charge in [0.25, 0.3) is 0 Å². The number of aliphatic hydroxyl groups is 1. The highest BCUT2D eigenvalue weighted by Gasteiger charge is 2.27. The fourth-order valence-corrected chi connectivity index (χ4v) is 1.15.